The molecule has 1 aliphatic carbocycles. The van der Waals surface area contributed by atoms with E-state index in [9.17, 15) is 4.79 Å². The number of carbonyl (C=O) groups is 1. The molecule has 4 rings (SSSR count). The molecule has 6 heteroatoms. The molecule has 1 aromatic heterocycles. The number of methoxy groups -OCH3 is 1. The highest BCUT2D eigenvalue weighted by atomic mass is 16.5. The largest absolute Gasteiger partial charge is 0.493 e. The molecule has 0 bridgehead atoms. The Hall–Kier alpha value is -3.28. The van der Waals surface area contributed by atoms with Crippen LogP contribution in [-0.2, 0) is 6.54 Å². The van der Waals surface area contributed by atoms with E-state index in [-0.39, 0.29) is 12.5 Å². The first-order valence-electron chi connectivity index (χ1n) is 9.73. The minimum Gasteiger partial charge on any atom is -0.493 e. The molecule has 0 radical (unpaired) electrons. The maximum atomic E-state index is 12.4. The number of benzene rings is 2. The highest BCUT2D eigenvalue weighted by Crippen LogP contribution is 2.35. The molecule has 0 saturated heterocycles. The van der Waals surface area contributed by atoms with Crippen molar-refractivity contribution in [2.75, 3.05) is 13.7 Å². The molecule has 3 aromatic rings. The van der Waals surface area contributed by atoms with E-state index in [1.165, 1.54) is 12.8 Å². The number of amides is 1. The van der Waals surface area contributed by atoms with E-state index in [0.717, 1.165) is 11.1 Å². The Labute approximate surface area is 169 Å². The average molecular weight is 392 g/mol. The van der Waals surface area contributed by atoms with Crippen molar-refractivity contribution < 1.29 is 18.7 Å². The summed E-state index contributed by atoms with van der Waals surface area (Å²) in [5.74, 6) is 2.36. The molecular weight excluding hydrogens is 368 g/mol. The first kappa shape index (κ1) is 19.1. The second-order valence-corrected chi connectivity index (χ2v) is 7.26. The van der Waals surface area contributed by atoms with Crippen LogP contribution in [0.3, 0.4) is 0 Å². The number of nitrogens with one attached hydrogen (secondary N) is 1. The SMILES string of the molecule is COc1ccc(-c2nc(CNC(=O)c3ccccc3C)co2)cc1OCC1CC1. The highest BCUT2D eigenvalue weighted by Gasteiger charge is 2.23. The van der Waals surface area contributed by atoms with Crippen LogP contribution in [0.4, 0.5) is 0 Å². The highest BCUT2D eigenvalue weighted by molar-refractivity contribution is 5.95. The van der Waals surface area contributed by atoms with Crippen LogP contribution in [0.2, 0.25) is 0 Å². The number of rotatable bonds is 8. The summed E-state index contributed by atoms with van der Waals surface area (Å²) in [6.07, 6.45) is 4.00. The zero-order valence-corrected chi connectivity index (χ0v) is 16.6. The van der Waals surface area contributed by atoms with E-state index < -0.39 is 0 Å². The van der Waals surface area contributed by atoms with Crippen molar-refractivity contribution in [2.24, 2.45) is 5.92 Å². The van der Waals surface area contributed by atoms with Gasteiger partial charge in [0.25, 0.3) is 5.91 Å². The average Bonchev–Trinajstić information content (AvgIpc) is 3.45. The second kappa shape index (κ2) is 8.39. The summed E-state index contributed by atoms with van der Waals surface area (Å²) in [7, 11) is 1.62. The Kier molecular flexibility index (Phi) is 5.51. The number of oxazole rings is 1. The summed E-state index contributed by atoms with van der Waals surface area (Å²) < 4.78 is 16.9. The predicted molar refractivity (Wildman–Crippen MR) is 109 cm³/mol. The van der Waals surface area contributed by atoms with Gasteiger partial charge in [0.2, 0.25) is 5.89 Å². The third-order valence-electron chi connectivity index (χ3n) is 4.95. The summed E-state index contributed by atoms with van der Waals surface area (Å²) in [6.45, 7) is 2.90. The monoisotopic (exact) mass is 392 g/mol. The van der Waals surface area contributed by atoms with Crippen LogP contribution in [0.5, 0.6) is 11.5 Å². The van der Waals surface area contributed by atoms with Gasteiger partial charge in [0.1, 0.15) is 6.26 Å². The molecule has 0 unspecified atom stereocenters. The molecule has 1 N–H and O–H groups in total. The number of carbonyl (C=O) groups excluding carboxylic acids is 1. The molecule has 1 aliphatic rings. The van der Waals surface area contributed by atoms with Gasteiger partial charge in [-0.15, -0.1) is 0 Å². The van der Waals surface area contributed by atoms with E-state index in [2.05, 4.69) is 10.3 Å². The van der Waals surface area contributed by atoms with Gasteiger partial charge >= 0.3 is 0 Å². The Morgan fingerprint density at radius 3 is 2.79 bits per heavy atom. The zero-order valence-electron chi connectivity index (χ0n) is 16.6. The number of aryl methyl sites for hydroxylation is 1. The van der Waals surface area contributed by atoms with Crippen molar-refractivity contribution in [1.82, 2.24) is 10.3 Å². The molecular formula is C23H24N2O4. The van der Waals surface area contributed by atoms with Crippen molar-refractivity contribution in [3.8, 4) is 23.0 Å². The van der Waals surface area contributed by atoms with Crippen LogP contribution >= 0.6 is 0 Å². The molecule has 0 spiro atoms. The molecule has 1 amide bonds. The van der Waals surface area contributed by atoms with E-state index in [0.29, 0.717) is 41.2 Å². The van der Waals surface area contributed by atoms with Gasteiger partial charge in [0, 0.05) is 11.1 Å². The molecule has 0 aliphatic heterocycles. The lowest BCUT2D eigenvalue weighted by atomic mass is 10.1. The standard InChI is InChI=1S/C23H24N2O4/c1-15-5-3-4-6-19(15)22(26)24-12-18-14-29-23(25-18)17-9-10-20(27-2)21(11-17)28-13-16-7-8-16/h3-6,9-11,14,16H,7-8,12-13H2,1-2H3,(H,24,26). The lowest BCUT2D eigenvalue weighted by molar-refractivity contribution is 0.0950. The number of nitrogens with zero attached hydrogens (tertiary/aromatic N) is 1. The summed E-state index contributed by atoms with van der Waals surface area (Å²) in [6, 6.07) is 13.1. The lowest BCUT2D eigenvalue weighted by Crippen LogP contribution is -2.23. The second-order valence-electron chi connectivity index (χ2n) is 7.26. The number of hydrogen-bond acceptors (Lipinski definition) is 5. The molecule has 150 valence electrons. The first-order valence-corrected chi connectivity index (χ1v) is 9.73. The van der Waals surface area contributed by atoms with E-state index in [1.54, 1.807) is 19.4 Å². The third-order valence-corrected chi connectivity index (χ3v) is 4.95. The Balaban J connectivity index is 1.43. The maximum absolute atomic E-state index is 12.4. The van der Waals surface area contributed by atoms with Gasteiger partial charge in [-0.3, -0.25) is 4.79 Å². The predicted octanol–water partition coefficient (Wildman–Crippen LogP) is 4.38. The van der Waals surface area contributed by atoms with Gasteiger partial charge in [-0.2, -0.15) is 0 Å². The van der Waals surface area contributed by atoms with E-state index in [1.807, 2.05) is 43.3 Å². The van der Waals surface area contributed by atoms with Gasteiger partial charge < -0.3 is 19.2 Å². The van der Waals surface area contributed by atoms with Crippen molar-refractivity contribution in [3.63, 3.8) is 0 Å². The molecule has 1 fully saturated rings. The van der Waals surface area contributed by atoms with Gasteiger partial charge in [-0.05, 0) is 55.5 Å². The maximum Gasteiger partial charge on any atom is 0.251 e. The quantitative estimate of drug-likeness (QED) is 0.616. The van der Waals surface area contributed by atoms with Crippen molar-refractivity contribution in [1.29, 1.82) is 0 Å². The van der Waals surface area contributed by atoms with Crippen LogP contribution < -0.4 is 14.8 Å². The van der Waals surface area contributed by atoms with E-state index >= 15 is 0 Å². The third kappa shape index (κ3) is 4.59. The van der Waals surface area contributed by atoms with Gasteiger partial charge in [-0.25, -0.2) is 4.98 Å². The van der Waals surface area contributed by atoms with E-state index in [4.69, 9.17) is 13.9 Å². The fraction of sp³-hybridized carbons (Fsp3) is 0.304. The molecule has 1 heterocycles. The van der Waals surface area contributed by atoms with Crippen LogP contribution in [-0.4, -0.2) is 24.6 Å². The van der Waals surface area contributed by atoms with Crippen LogP contribution in [0.15, 0.2) is 53.1 Å². The summed E-state index contributed by atoms with van der Waals surface area (Å²) in [5, 5.41) is 2.88. The fourth-order valence-electron chi connectivity index (χ4n) is 3.03. The van der Waals surface area contributed by atoms with Crippen molar-refractivity contribution in [2.45, 2.75) is 26.3 Å². The van der Waals surface area contributed by atoms with Crippen LogP contribution in [0.25, 0.3) is 11.5 Å². The minimum atomic E-state index is -0.132. The summed E-state index contributed by atoms with van der Waals surface area (Å²) in [4.78, 5) is 16.9. The minimum absolute atomic E-state index is 0.132. The Morgan fingerprint density at radius 1 is 1.21 bits per heavy atom. The molecule has 1 saturated carbocycles. The number of aromatic nitrogens is 1. The molecule has 0 atom stereocenters. The fourth-order valence-corrected chi connectivity index (χ4v) is 3.03. The van der Waals surface area contributed by atoms with Crippen LogP contribution in [0.1, 0.15) is 34.5 Å². The molecule has 2 aromatic carbocycles. The topological polar surface area (TPSA) is 73.6 Å². The summed E-state index contributed by atoms with van der Waals surface area (Å²) >= 11 is 0. The number of hydrogen-bond donors (Lipinski definition) is 1. The lowest BCUT2D eigenvalue weighted by Gasteiger charge is -2.11. The normalized spacial score (nSPS) is 13.2. The Bertz CT molecular complexity index is 1010. The zero-order chi connectivity index (χ0) is 20.2. The van der Waals surface area contributed by atoms with Gasteiger partial charge in [0.05, 0.1) is 26.0 Å². The molecule has 6 nitrogen and oxygen atoms in total. The summed E-state index contributed by atoms with van der Waals surface area (Å²) in [5.41, 5.74) is 3.04. The first-order chi connectivity index (χ1) is 14.1. The smallest absolute Gasteiger partial charge is 0.251 e. The Morgan fingerprint density at radius 2 is 2.03 bits per heavy atom. The van der Waals surface area contributed by atoms with Gasteiger partial charge in [-0.1, -0.05) is 18.2 Å². The molecule has 29 heavy (non-hydrogen) atoms. The van der Waals surface area contributed by atoms with Crippen molar-refractivity contribution in [3.05, 3.63) is 65.5 Å². The van der Waals surface area contributed by atoms with Crippen molar-refractivity contribution >= 4 is 5.91 Å². The number of ether oxygens (including phenoxy) is 2. The van der Waals surface area contributed by atoms with Gasteiger partial charge in [0.15, 0.2) is 11.5 Å². The van der Waals surface area contributed by atoms with Crippen LogP contribution in [0, 0.1) is 12.8 Å².